The van der Waals surface area contributed by atoms with Crippen LogP contribution in [0.25, 0.3) is 11.0 Å². The third-order valence-electron chi connectivity index (χ3n) is 8.18. The number of piperidine rings is 1. The SMILES string of the molecule is Cc1ccc2nc(Nc3ccccc3N3CCC4(CCN(CC(C)(C)C)CC4)c4ccccc43)[nH]c2c1. The minimum atomic E-state index is 0.278. The molecule has 6 rings (SSSR count). The third-order valence-corrected chi connectivity index (χ3v) is 8.18. The van der Waals surface area contributed by atoms with E-state index >= 15 is 0 Å². The zero-order valence-electron chi connectivity index (χ0n) is 22.6. The number of aromatic nitrogens is 2. The Morgan fingerprint density at radius 1 is 0.892 bits per heavy atom. The summed E-state index contributed by atoms with van der Waals surface area (Å²) >= 11 is 0. The molecule has 0 radical (unpaired) electrons. The van der Waals surface area contributed by atoms with E-state index in [1.165, 1.54) is 61.4 Å². The van der Waals surface area contributed by atoms with E-state index in [1.807, 2.05) is 0 Å². The van der Waals surface area contributed by atoms with Gasteiger partial charge in [-0.25, -0.2) is 4.98 Å². The summed E-state index contributed by atoms with van der Waals surface area (Å²) in [5, 5.41) is 3.59. The van der Waals surface area contributed by atoms with Gasteiger partial charge in [-0.15, -0.1) is 0 Å². The lowest BCUT2D eigenvalue weighted by Gasteiger charge is -2.49. The molecule has 2 aliphatic heterocycles. The Balaban J connectivity index is 1.29. The van der Waals surface area contributed by atoms with Gasteiger partial charge in [-0.3, -0.25) is 0 Å². The number of rotatable bonds is 4. The number of anilines is 4. The monoisotopic (exact) mass is 493 g/mol. The summed E-state index contributed by atoms with van der Waals surface area (Å²) in [7, 11) is 0. The van der Waals surface area contributed by atoms with Crippen molar-refractivity contribution in [3.63, 3.8) is 0 Å². The molecule has 0 saturated carbocycles. The molecule has 5 heteroatoms. The molecule has 192 valence electrons. The molecular weight excluding hydrogens is 454 g/mol. The number of fused-ring (bicyclic) bond motifs is 3. The molecule has 37 heavy (non-hydrogen) atoms. The molecule has 0 atom stereocenters. The van der Waals surface area contributed by atoms with Crippen LogP contribution in [-0.2, 0) is 5.41 Å². The molecule has 2 N–H and O–H groups in total. The summed E-state index contributed by atoms with van der Waals surface area (Å²) in [6.45, 7) is 13.7. The average molecular weight is 494 g/mol. The number of benzene rings is 3. The van der Waals surface area contributed by atoms with Crippen molar-refractivity contribution in [3.8, 4) is 0 Å². The highest BCUT2D eigenvalue weighted by Gasteiger charge is 2.42. The summed E-state index contributed by atoms with van der Waals surface area (Å²) in [5.74, 6) is 0.779. The Kier molecular flexibility index (Phi) is 5.99. The number of imidazole rings is 1. The Morgan fingerprint density at radius 3 is 2.38 bits per heavy atom. The maximum atomic E-state index is 4.79. The van der Waals surface area contributed by atoms with Gasteiger partial charge in [0.05, 0.1) is 22.4 Å². The van der Waals surface area contributed by atoms with Crippen LogP contribution in [0.4, 0.5) is 23.0 Å². The molecule has 1 spiro atoms. The van der Waals surface area contributed by atoms with E-state index in [4.69, 9.17) is 4.98 Å². The number of nitrogens with one attached hydrogen (secondary N) is 2. The van der Waals surface area contributed by atoms with Crippen LogP contribution in [0.15, 0.2) is 66.7 Å². The molecule has 1 fully saturated rings. The smallest absolute Gasteiger partial charge is 0.205 e. The van der Waals surface area contributed by atoms with Crippen molar-refractivity contribution in [2.45, 2.75) is 52.4 Å². The molecule has 2 aliphatic rings. The zero-order valence-corrected chi connectivity index (χ0v) is 22.6. The van der Waals surface area contributed by atoms with Gasteiger partial charge in [-0.1, -0.05) is 57.2 Å². The van der Waals surface area contributed by atoms with E-state index in [9.17, 15) is 0 Å². The lowest BCUT2D eigenvalue weighted by Crippen LogP contribution is -2.48. The summed E-state index contributed by atoms with van der Waals surface area (Å²) in [6, 6.07) is 24.1. The normalized spacial score (nSPS) is 17.8. The van der Waals surface area contributed by atoms with Crippen LogP contribution in [0.1, 0.15) is 51.2 Å². The number of para-hydroxylation sites is 3. The number of aryl methyl sites for hydroxylation is 1. The Bertz CT molecular complexity index is 1400. The molecule has 4 aromatic rings. The minimum absolute atomic E-state index is 0.278. The molecule has 0 aliphatic carbocycles. The van der Waals surface area contributed by atoms with E-state index in [2.05, 4.69) is 115 Å². The lowest BCUT2D eigenvalue weighted by atomic mass is 9.67. The van der Waals surface area contributed by atoms with Crippen molar-refractivity contribution in [2.24, 2.45) is 5.41 Å². The molecule has 5 nitrogen and oxygen atoms in total. The van der Waals surface area contributed by atoms with Gasteiger partial charge in [0.15, 0.2) is 0 Å². The topological polar surface area (TPSA) is 47.2 Å². The fourth-order valence-electron chi connectivity index (χ4n) is 6.44. The number of H-pyrrole nitrogens is 1. The summed E-state index contributed by atoms with van der Waals surface area (Å²) in [5.41, 5.74) is 9.04. The van der Waals surface area contributed by atoms with Crippen molar-refractivity contribution in [1.82, 2.24) is 14.9 Å². The number of hydrogen-bond acceptors (Lipinski definition) is 4. The van der Waals surface area contributed by atoms with Crippen LogP contribution < -0.4 is 10.2 Å². The second kappa shape index (κ2) is 9.21. The summed E-state index contributed by atoms with van der Waals surface area (Å²) in [4.78, 5) is 13.4. The highest BCUT2D eigenvalue weighted by molar-refractivity contribution is 5.83. The lowest BCUT2D eigenvalue weighted by molar-refractivity contribution is 0.114. The van der Waals surface area contributed by atoms with Gasteiger partial charge in [0.25, 0.3) is 0 Å². The third kappa shape index (κ3) is 4.73. The minimum Gasteiger partial charge on any atom is -0.340 e. The first-order chi connectivity index (χ1) is 17.8. The van der Waals surface area contributed by atoms with E-state index in [1.54, 1.807) is 0 Å². The van der Waals surface area contributed by atoms with Crippen molar-refractivity contribution >= 4 is 34.0 Å². The van der Waals surface area contributed by atoms with E-state index in [-0.39, 0.29) is 5.41 Å². The Hall–Kier alpha value is -3.31. The van der Waals surface area contributed by atoms with Gasteiger partial charge in [-0.05, 0) is 86.1 Å². The fourth-order valence-corrected chi connectivity index (χ4v) is 6.44. The van der Waals surface area contributed by atoms with E-state index in [0.29, 0.717) is 5.41 Å². The first-order valence-electron chi connectivity index (χ1n) is 13.7. The molecule has 0 amide bonds. The number of hydrogen-bond donors (Lipinski definition) is 2. The van der Waals surface area contributed by atoms with E-state index < -0.39 is 0 Å². The second-order valence-electron chi connectivity index (χ2n) is 12.3. The number of likely N-dealkylation sites (tertiary alicyclic amines) is 1. The van der Waals surface area contributed by atoms with Crippen molar-refractivity contribution in [2.75, 3.05) is 36.4 Å². The maximum Gasteiger partial charge on any atom is 0.205 e. The van der Waals surface area contributed by atoms with Crippen LogP contribution >= 0.6 is 0 Å². The van der Waals surface area contributed by atoms with Crippen molar-refractivity contribution in [1.29, 1.82) is 0 Å². The Labute approximate surface area is 220 Å². The van der Waals surface area contributed by atoms with Gasteiger partial charge in [-0.2, -0.15) is 0 Å². The van der Waals surface area contributed by atoms with Gasteiger partial charge in [0, 0.05) is 24.2 Å². The summed E-state index contributed by atoms with van der Waals surface area (Å²) in [6.07, 6.45) is 3.67. The van der Waals surface area contributed by atoms with Crippen LogP contribution in [0.3, 0.4) is 0 Å². The first-order valence-corrected chi connectivity index (χ1v) is 13.7. The van der Waals surface area contributed by atoms with Crippen LogP contribution in [-0.4, -0.2) is 41.0 Å². The maximum absolute atomic E-state index is 4.79. The fraction of sp³-hybridized carbons (Fsp3) is 0.406. The molecule has 1 aromatic heterocycles. The van der Waals surface area contributed by atoms with Gasteiger partial charge >= 0.3 is 0 Å². The Morgan fingerprint density at radius 2 is 1.59 bits per heavy atom. The highest BCUT2D eigenvalue weighted by atomic mass is 15.2. The quantitative estimate of drug-likeness (QED) is 0.308. The average Bonchev–Trinajstić information content (AvgIpc) is 3.27. The zero-order chi connectivity index (χ0) is 25.6. The molecule has 0 bridgehead atoms. The van der Waals surface area contributed by atoms with Crippen LogP contribution in [0, 0.1) is 12.3 Å². The van der Waals surface area contributed by atoms with Gasteiger partial charge in [0.1, 0.15) is 0 Å². The molecule has 0 unspecified atom stereocenters. The van der Waals surface area contributed by atoms with Gasteiger partial charge in [0.2, 0.25) is 5.95 Å². The molecule has 1 saturated heterocycles. The summed E-state index contributed by atoms with van der Waals surface area (Å²) < 4.78 is 0. The molecule has 3 aromatic carbocycles. The van der Waals surface area contributed by atoms with Crippen molar-refractivity contribution < 1.29 is 0 Å². The standard InChI is InChI=1S/C32H39N5/c1-23-13-14-25-27(21-23)35-30(33-25)34-26-10-6-8-12-29(26)37-20-17-32(24-9-5-7-11-28(24)37)15-18-36(19-16-32)22-31(2,3)4/h5-14,21H,15-20,22H2,1-4H3,(H2,33,34,35). The van der Waals surface area contributed by atoms with Crippen molar-refractivity contribution in [3.05, 3.63) is 77.9 Å². The predicted octanol–water partition coefficient (Wildman–Crippen LogP) is 7.54. The van der Waals surface area contributed by atoms with Gasteiger partial charge < -0.3 is 20.1 Å². The van der Waals surface area contributed by atoms with Crippen LogP contribution in [0.5, 0.6) is 0 Å². The largest absolute Gasteiger partial charge is 0.340 e. The van der Waals surface area contributed by atoms with Crippen LogP contribution in [0.2, 0.25) is 0 Å². The second-order valence-corrected chi connectivity index (χ2v) is 12.3. The first kappa shape index (κ1) is 24.1. The predicted molar refractivity (Wildman–Crippen MR) is 155 cm³/mol. The number of aromatic amines is 1. The number of nitrogens with zero attached hydrogens (tertiary/aromatic N) is 3. The molecular formula is C32H39N5. The van der Waals surface area contributed by atoms with E-state index in [0.717, 1.165) is 29.2 Å². The highest BCUT2D eigenvalue weighted by Crippen LogP contribution is 2.49. The molecule has 3 heterocycles.